The van der Waals surface area contributed by atoms with Gasteiger partial charge in [0.1, 0.15) is 0 Å². The summed E-state index contributed by atoms with van der Waals surface area (Å²) in [5, 5.41) is 5.75. The lowest BCUT2D eigenvalue weighted by Crippen LogP contribution is -2.47. The molecule has 1 aliphatic rings. The SMILES string of the molecule is CC(C)c1nc(CC(=O)Nc2ccc(S(=O)(=O)N3C(C)CCCC3C)cc2)cs1. The van der Waals surface area contributed by atoms with Gasteiger partial charge in [-0.1, -0.05) is 20.3 Å². The fourth-order valence-corrected chi connectivity index (χ4v) is 6.46. The van der Waals surface area contributed by atoms with Gasteiger partial charge in [0.25, 0.3) is 0 Å². The molecule has 2 atom stereocenters. The topological polar surface area (TPSA) is 79.4 Å². The van der Waals surface area contributed by atoms with Crippen molar-refractivity contribution in [1.29, 1.82) is 0 Å². The minimum Gasteiger partial charge on any atom is -0.326 e. The van der Waals surface area contributed by atoms with E-state index in [4.69, 9.17) is 0 Å². The Morgan fingerprint density at radius 3 is 2.38 bits per heavy atom. The number of thiazole rings is 1. The minimum absolute atomic E-state index is 0.00281. The number of hydrogen-bond acceptors (Lipinski definition) is 5. The van der Waals surface area contributed by atoms with E-state index in [0.29, 0.717) is 11.6 Å². The summed E-state index contributed by atoms with van der Waals surface area (Å²) in [5.41, 5.74) is 1.33. The zero-order chi connectivity index (χ0) is 21.2. The van der Waals surface area contributed by atoms with E-state index in [2.05, 4.69) is 24.1 Å². The molecule has 0 radical (unpaired) electrons. The van der Waals surface area contributed by atoms with Gasteiger partial charge in [-0.25, -0.2) is 13.4 Å². The van der Waals surface area contributed by atoms with Gasteiger partial charge in [-0.15, -0.1) is 11.3 Å². The number of rotatable bonds is 6. The molecule has 1 aromatic carbocycles. The summed E-state index contributed by atoms with van der Waals surface area (Å²) in [5.74, 6) is 0.177. The summed E-state index contributed by atoms with van der Waals surface area (Å²) in [7, 11) is -3.55. The first-order valence-corrected chi connectivity index (χ1v) is 12.4. The van der Waals surface area contributed by atoms with Crippen LogP contribution in [0.2, 0.25) is 0 Å². The van der Waals surface area contributed by atoms with Crippen LogP contribution in [0.3, 0.4) is 0 Å². The van der Waals surface area contributed by atoms with Crippen molar-refractivity contribution in [3.05, 3.63) is 40.3 Å². The summed E-state index contributed by atoms with van der Waals surface area (Å²) in [4.78, 5) is 17.0. The lowest BCUT2D eigenvalue weighted by Gasteiger charge is -2.37. The van der Waals surface area contributed by atoms with Crippen LogP contribution in [-0.4, -0.2) is 35.7 Å². The lowest BCUT2D eigenvalue weighted by molar-refractivity contribution is -0.115. The van der Waals surface area contributed by atoms with E-state index in [1.54, 1.807) is 39.9 Å². The quantitative estimate of drug-likeness (QED) is 0.729. The molecule has 2 unspecified atom stereocenters. The van der Waals surface area contributed by atoms with E-state index in [0.717, 1.165) is 30.0 Å². The molecule has 1 aliphatic heterocycles. The van der Waals surface area contributed by atoms with E-state index in [1.165, 1.54) is 0 Å². The number of nitrogens with one attached hydrogen (secondary N) is 1. The van der Waals surface area contributed by atoms with Gasteiger partial charge in [-0.3, -0.25) is 4.79 Å². The average Bonchev–Trinajstić information content (AvgIpc) is 3.10. The Bertz CT molecular complexity index is 942. The molecule has 8 heteroatoms. The predicted molar refractivity (Wildman–Crippen MR) is 117 cm³/mol. The number of benzene rings is 1. The average molecular weight is 436 g/mol. The third-order valence-corrected chi connectivity index (χ3v) is 8.57. The highest BCUT2D eigenvalue weighted by Crippen LogP contribution is 2.30. The fraction of sp³-hybridized carbons (Fsp3) is 0.524. The van der Waals surface area contributed by atoms with Crippen molar-refractivity contribution < 1.29 is 13.2 Å². The smallest absolute Gasteiger partial charge is 0.243 e. The Hall–Kier alpha value is -1.77. The third-order valence-electron chi connectivity index (χ3n) is 5.23. The van der Waals surface area contributed by atoms with Crippen molar-refractivity contribution in [2.24, 2.45) is 0 Å². The van der Waals surface area contributed by atoms with Gasteiger partial charge in [-0.05, 0) is 51.0 Å². The zero-order valence-corrected chi connectivity index (χ0v) is 19.0. The van der Waals surface area contributed by atoms with E-state index in [1.807, 2.05) is 19.2 Å². The standard InChI is InChI=1S/C21H29N3O3S2/c1-14(2)21-23-18(13-28-21)12-20(25)22-17-8-10-19(11-9-17)29(26,27)24-15(3)6-5-7-16(24)4/h8-11,13-16H,5-7,12H2,1-4H3,(H,22,25). The molecule has 6 nitrogen and oxygen atoms in total. The summed E-state index contributed by atoms with van der Waals surface area (Å²) >= 11 is 1.56. The number of carbonyl (C=O) groups is 1. The molecular weight excluding hydrogens is 406 g/mol. The molecule has 0 bridgehead atoms. The van der Waals surface area contributed by atoms with Gasteiger partial charge in [0.15, 0.2) is 0 Å². The summed E-state index contributed by atoms with van der Waals surface area (Å²) in [6.07, 6.45) is 3.02. The molecule has 158 valence electrons. The van der Waals surface area contributed by atoms with Crippen molar-refractivity contribution in [2.45, 2.75) is 76.3 Å². The molecule has 2 heterocycles. The van der Waals surface area contributed by atoms with Crippen LogP contribution >= 0.6 is 11.3 Å². The van der Waals surface area contributed by atoms with Gasteiger partial charge in [-0.2, -0.15) is 4.31 Å². The Labute approximate surface area is 177 Å². The monoisotopic (exact) mass is 435 g/mol. The van der Waals surface area contributed by atoms with E-state index >= 15 is 0 Å². The van der Waals surface area contributed by atoms with Crippen molar-refractivity contribution in [3.8, 4) is 0 Å². The predicted octanol–water partition coefficient (Wildman–Crippen LogP) is 4.40. The number of sulfonamides is 1. The van der Waals surface area contributed by atoms with Gasteiger partial charge in [0.2, 0.25) is 15.9 Å². The van der Waals surface area contributed by atoms with Crippen LogP contribution in [0.1, 0.15) is 63.6 Å². The van der Waals surface area contributed by atoms with E-state index in [-0.39, 0.29) is 29.3 Å². The van der Waals surface area contributed by atoms with Crippen LogP contribution in [0, 0.1) is 0 Å². The van der Waals surface area contributed by atoms with Crippen LogP contribution in [0.15, 0.2) is 34.5 Å². The Kier molecular flexibility index (Phi) is 6.76. The molecule has 29 heavy (non-hydrogen) atoms. The van der Waals surface area contributed by atoms with Crippen molar-refractivity contribution >= 4 is 33.0 Å². The maximum Gasteiger partial charge on any atom is 0.243 e. The fourth-order valence-electron chi connectivity index (χ4n) is 3.74. The number of nitrogens with zero attached hydrogens (tertiary/aromatic N) is 2. The second-order valence-electron chi connectivity index (χ2n) is 8.05. The summed E-state index contributed by atoms with van der Waals surface area (Å²) in [6.45, 7) is 8.07. The van der Waals surface area contributed by atoms with Gasteiger partial charge in [0.05, 0.1) is 22.0 Å². The molecule has 1 saturated heterocycles. The van der Waals surface area contributed by atoms with Gasteiger partial charge >= 0.3 is 0 Å². The highest BCUT2D eigenvalue weighted by molar-refractivity contribution is 7.89. The van der Waals surface area contributed by atoms with Crippen molar-refractivity contribution in [1.82, 2.24) is 9.29 Å². The lowest BCUT2D eigenvalue weighted by atomic mass is 10.0. The first kappa shape index (κ1) is 21.9. The molecule has 0 spiro atoms. The Morgan fingerprint density at radius 1 is 1.21 bits per heavy atom. The molecule has 2 aromatic rings. The molecule has 0 saturated carbocycles. The van der Waals surface area contributed by atoms with Crippen molar-refractivity contribution in [3.63, 3.8) is 0 Å². The third kappa shape index (κ3) is 5.05. The van der Waals surface area contributed by atoms with E-state index < -0.39 is 10.0 Å². The van der Waals surface area contributed by atoms with E-state index in [9.17, 15) is 13.2 Å². The summed E-state index contributed by atoms with van der Waals surface area (Å²) in [6, 6.07) is 6.42. The highest BCUT2D eigenvalue weighted by Gasteiger charge is 2.35. The molecular formula is C21H29N3O3S2. The number of hydrogen-bond donors (Lipinski definition) is 1. The highest BCUT2D eigenvalue weighted by atomic mass is 32.2. The molecule has 1 amide bonds. The number of carbonyl (C=O) groups excluding carboxylic acids is 1. The molecule has 3 rings (SSSR count). The number of piperidine rings is 1. The maximum atomic E-state index is 13.1. The van der Waals surface area contributed by atoms with Crippen LogP contribution in [-0.2, 0) is 21.2 Å². The minimum atomic E-state index is -3.55. The van der Waals surface area contributed by atoms with Crippen LogP contribution < -0.4 is 5.32 Å². The maximum absolute atomic E-state index is 13.1. The zero-order valence-electron chi connectivity index (χ0n) is 17.4. The molecule has 0 aliphatic carbocycles. The first-order chi connectivity index (χ1) is 13.7. The second kappa shape index (κ2) is 8.93. The number of aromatic nitrogens is 1. The van der Waals surface area contributed by atoms with Crippen LogP contribution in [0.5, 0.6) is 0 Å². The first-order valence-electron chi connectivity index (χ1n) is 10.1. The molecule has 1 fully saturated rings. The number of amides is 1. The van der Waals surface area contributed by atoms with Crippen LogP contribution in [0.25, 0.3) is 0 Å². The van der Waals surface area contributed by atoms with Gasteiger partial charge < -0.3 is 5.32 Å². The van der Waals surface area contributed by atoms with Gasteiger partial charge in [0, 0.05) is 29.1 Å². The normalized spacial score (nSPS) is 20.7. The molecule has 1 N–H and O–H groups in total. The Balaban J connectivity index is 1.67. The Morgan fingerprint density at radius 2 is 1.83 bits per heavy atom. The van der Waals surface area contributed by atoms with Crippen molar-refractivity contribution in [2.75, 3.05) is 5.32 Å². The van der Waals surface area contributed by atoms with Crippen LogP contribution in [0.4, 0.5) is 5.69 Å². The largest absolute Gasteiger partial charge is 0.326 e. The number of anilines is 1. The second-order valence-corrected chi connectivity index (χ2v) is 10.8. The summed E-state index contributed by atoms with van der Waals surface area (Å²) < 4.78 is 27.8. The molecule has 1 aromatic heterocycles.